The number of amides is 2. The van der Waals surface area contributed by atoms with Gasteiger partial charge >= 0.3 is 18.0 Å². The molecule has 5 aromatic rings. The molecule has 2 saturated heterocycles. The lowest BCUT2D eigenvalue weighted by molar-refractivity contribution is -0.384. The number of halogens is 1. The molecular weight excluding hydrogens is 857 g/mol. The lowest BCUT2D eigenvalue weighted by Crippen LogP contribution is -2.53. The fourth-order valence-corrected chi connectivity index (χ4v) is 9.13. The molecule has 13 nitrogen and oxygen atoms in total. The maximum absolute atomic E-state index is 15.8. The van der Waals surface area contributed by atoms with Gasteiger partial charge < -0.3 is 19.3 Å². The van der Waals surface area contributed by atoms with Crippen LogP contribution in [0.3, 0.4) is 0 Å². The molecule has 292 valence electrons. The van der Waals surface area contributed by atoms with Crippen molar-refractivity contribution >= 4 is 57.9 Å². The number of imide groups is 1. The summed E-state index contributed by atoms with van der Waals surface area (Å²) in [6.07, 6.45) is -0.609. The number of hydrogen-bond acceptors (Lipinski definition) is 11. The predicted molar refractivity (Wildman–Crippen MR) is 217 cm³/mol. The highest BCUT2D eigenvalue weighted by molar-refractivity contribution is 14.1. The molecule has 8 rings (SSSR count). The molecule has 5 aromatic carbocycles. The summed E-state index contributed by atoms with van der Waals surface area (Å²) in [5.74, 6) is -4.15. The number of non-ortho nitro benzene ring substituents is 1. The van der Waals surface area contributed by atoms with E-state index < -0.39 is 64.4 Å². The zero-order valence-electron chi connectivity index (χ0n) is 30.6. The number of aromatic hydroxyl groups is 1. The summed E-state index contributed by atoms with van der Waals surface area (Å²) in [6, 6.07) is 31.8. The van der Waals surface area contributed by atoms with Crippen LogP contribution in [0.5, 0.6) is 5.75 Å². The van der Waals surface area contributed by atoms with Crippen molar-refractivity contribution in [2.24, 2.45) is 5.92 Å². The molecule has 58 heavy (non-hydrogen) atoms. The first-order chi connectivity index (χ1) is 28.1. The van der Waals surface area contributed by atoms with Crippen molar-refractivity contribution in [1.82, 2.24) is 4.90 Å². The first-order valence-electron chi connectivity index (χ1n) is 18.2. The quantitative estimate of drug-likeness (QED) is 0.0386. The molecule has 2 amide bonds. The number of carbonyl (C=O) groups excluding carboxylic acids is 4. The second-order valence-corrected chi connectivity index (χ2v) is 15.3. The lowest BCUT2D eigenvalue weighted by Gasteiger charge is -2.46. The van der Waals surface area contributed by atoms with Gasteiger partial charge in [0.1, 0.15) is 42.4 Å². The lowest BCUT2D eigenvalue weighted by atomic mass is 9.65. The second-order valence-electron chi connectivity index (χ2n) is 14.1. The molecule has 0 radical (unpaired) electrons. The number of carbonyl (C=O) groups is 4. The van der Waals surface area contributed by atoms with Crippen molar-refractivity contribution in [2.45, 2.75) is 36.3 Å². The fourth-order valence-electron chi connectivity index (χ4n) is 8.64. The number of morpholine rings is 1. The van der Waals surface area contributed by atoms with Gasteiger partial charge in [-0.1, -0.05) is 85.5 Å². The number of nitrogens with zero attached hydrogens (tertiary/aromatic N) is 3. The van der Waals surface area contributed by atoms with E-state index in [1.807, 2.05) is 65.6 Å². The highest BCUT2D eigenvalue weighted by Gasteiger charge is 2.76. The number of rotatable bonds is 9. The zero-order valence-corrected chi connectivity index (χ0v) is 32.7. The van der Waals surface area contributed by atoms with E-state index in [-0.39, 0.29) is 35.9 Å². The Hall–Kier alpha value is -6.39. The van der Waals surface area contributed by atoms with Crippen LogP contribution >= 0.6 is 22.6 Å². The van der Waals surface area contributed by atoms with E-state index in [0.29, 0.717) is 20.3 Å². The predicted octanol–water partition coefficient (Wildman–Crippen LogP) is 7.64. The Balaban J connectivity index is 1.36. The molecular formula is C44H34IN3O10. The normalized spacial score (nSPS) is 23.5. The molecule has 3 aliphatic rings. The standard InChI is InChI=1S/C44H34IN3O10/c1-2-23-56-40(50)35-37-41(51)58-38(28-11-7-4-8-12-28)36(27-9-5-3-6-10-27)47(37)39(29-15-20-32(49)21-16-29)44(35)33-24-30(45)17-22-34(33)46(42(44)52)43(53)57-25-26-13-18-31(19-14-26)48(54)55/h2-22,24,35-39,49H,1,23,25H2/t35-,36-,37-,38+,39+,44-/m1/s1. The van der Waals surface area contributed by atoms with Gasteiger partial charge in [-0.3, -0.25) is 29.4 Å². The summed E-state index contributed by atoms with van der Waals surface area (Å²) in [6.45, 7) is 3.12. The smallest absolute Gasteiger partial charge is 0.421 e. The third-order valence-electron chi connectivity index (χ3n) is 10.9. The van der Waals surface area contributed by atoms with Crippen LogP contribution in [0.1, 0.15) is 46.0 Å². The average molecular weight is 892 g/mol. The second kappa shape index (κ2) is 15.5. The molecule has 1 spiro atoms. The number of anilines is 1. The van der Waals surface area contributed by atoms with Crippen molar-refractivity contribution in [1.29, 1.82) is 0 Å². The molecule has 0 saturated carbocycles. The summed E-state index contributed by atoms with van der Waals surface area (Å²) in [4.78, 5) is 73.2. The van der Waals surface area contributed by atoms with Gasteiger partial charge in [0.05, 0.1) is 22.7 Å². The number of fused-ring (bicyclic) bond motifs is 3. The van der Waals surface area contributed by atoms with E-state index in [1.165, 1.54) is 42.5 Å². The molecule has 3 aliphatic heterocycles. The van der Waals surface area contributed by atoms with Crippen molar-refractivity contribution in [3.63, 3.8) is 0 Å². The molecule has 0 aliphatic carbocycles. The summed E-state index contributed by atoms with van der Waals surface area (Å²) in [7, 11) is 0. The third-order valence-corrected chi connectivity index (χ3v) is 11.6. The van der Waals surface area contributed by atoms with Crippen LogP contribution in [0.2, 0.25) is 0 Å². The van der Waals surface area contributed by atoms with Crippen molar-refractivity contribution in [2.75, 3.05) is 11.5 Å². The Labute approximate surface area is 345 Å². The minimum absolute atomic E-state index is 0.0572. The Kier molecular flexibility index (Phi) is 10.3. The largest absolute Gasteiger partial charge is 0.508 e. The van der Waals surface area contributed by atoms with Crippen LogP contribution in [0.25, 0.3) is 0 Å². The number of benzene rings is 5. The van der Waals surface area contributed by atoms with E-state index in [4.69, 9.17) is 14.2 Å². The third kappa shape index (κ3) is 6.37. The molecule has 0 bridgehead atoms. The van der Waals surface area contributed by atoms with Crippen LogP contribution in [-0.2, 0) is 40.6 Å². The molecule has 1 N–H and O–H groups in total. The number of phenols is 1. The summed E-state index contributed by atoms with van der Waals surface area (Å²) < 4.78 is 18.5. The van der Waals surface area contributed by atoms with Crippen LogP contribution in [-0.4, -0.2) is 51.5 Å². The monoisotopic (exact) mass is 891 g/mol. The molecule has 6 atom stereocenters. The van der Waals surface area contributed by atoms with Gasteiger partial charge in [-0.25, -0.2) is 9.69 Å². The van der Waals surface area contributed by atoms with Crippen LogP contribution in [0.15, 0.2) is 140 Å². The van der Waals surface area contributed by atoms with Gasteiger partial charge in [0.25, 0.3) is 5.69 Å². The Morgan fingerprint density at radius 3 is 2.16 bits per heavy atom. The van der Waals surface area contributed by atoms with Gasteiger partial charge in [-0.2, -0.15) is 0 Å². The summed E-state index contributed by atoms with van der Waals surface area (Å²) in [5.41, 5.74) is 0.515. The van der Waals surface area contributed by atoms with E-state index in [1.54, 1.807) is 30.3 Å². The van der Waals surface area contributed by atoms with Crippen LogP contribution < -0.4 is 4.90 Å². The SMILES string of the molecule is C=CCOC(=O)[C@H]1[C@@H]2C(=O)O[C@@H](c3ccccc3)[C@@H](c3ccccc3)N2[C@@H](c2ccc(O)cc2)[C@]12C(=O)N(C(=O)OCc1ccc([N+](=O)[O-])cc1)c1ccc(I)cc12. The van der Waals surface area contributed by atoms with Gasteiger partial charge in [0, 0.05) is 15.7 Å². The van der Waals surface area contributed by atoms with E-state index >= 15 is 4.79 Å². The number of nitro groups is 1. The number of cyclic esters (lactones) is 1. The number of nitro benzene ring substituents is 1. The highest BCUT2D eigenvalue weighted by Crippen LogP contribution is 2.66. The number of esters is 2. The average Bonchev–Trinajstić information content (AvgIpc) is 3.69. The van der Waals surface area contributed by atoms with Gasteiger partial charge in [-0.15, -0.1) is 0 Å². The molecule has 0 unspecified atom stereocenters. The topological polar surface area (TPSA) is 166 Å². The zero-order chi connectivity index (χ0) is 40.7. The van der Waals surface area contributed by atoms with Crippen LogP contribution in [0, 0.1) is 19.6 Å². The molecule has 14 heteroatoms. The maximum atomic E-state index is 15.8. The minimum Gasteiger partial charge on any atom is -0.508 e. The number of phenolic OH excluding ortho intramolecular Hbond substituents is 1. The number of ether oxygens (including phenoxy) is 3. The van der Waals surface area contributed by atoms with Crippen molar-refractivity contribution < 1.29 is 43.4 Å². The summed E-state index contributed by atoms with van der Waals surface area (Å²) >= 11 is 2.09. The van der Waals surface area contributed by atoms with E-state index in [0.717, 1.165) is 10.5 Å². The van der Waals surface area contributed by atoms with Gasteiger partial charge in [-0.05, 0) is 92.9 Å². The van der Waals surface area contributed by atoms with Crippen molar-refractivity contribution in [3.05, 3.63) is 182 Å². The molecule has 3 heterocycles. The van der Waals surface area contributed by atoms with Gasteiger partial charge in [0.2, 0.25) is 5.91 Å². The maximum Gasteiger partial charge on any atom is 0.421 e. The molecule has 2 fully saturated rings. The Bertz CT molecular complexity index is 2430. The first-order valence-corrected chi connectivity index (χ1v) is 19.3. The number of hydrogen-bond donors (Lipinski definition) is 1. The van der Waals surface area contributed by atoms with Crippen LogP contribution in [0.4, 0.5) is 16.2 Å². The van der Waals surface area contributed by atoms with E-state index in [2.05, 4.69) is 29.2 Å². The van der Waals surface area contributed by atoms with Gasteiger partial charge in [0.15, 0.2) is 0 Å². The van der Waals surface area contributed by atoms with Crippen molar-refractivity contribution in [3.8, 4) is 5.75 Å². The molecule has 0 aromatic heterocycles. The highest BCUT2D eigenvalue weighted by atomic mass is 127. The summed E-state index contributed by atoms with van der Waals surface area (Å²) in [5, 5.41) is 21.7. The Morgan fingerprint density at radius 1 is 0.862 bits per heavy atom. The fraction of sp³-hybridized carbons (Fsp3) is 0.182. The minimum atomic E-state index is -2.03. The van der Waals surface area contributed by atoms with E-state index in [9.17, 15) is 29.6 Å². The first kappa shape index (κ1) is 38.5. The Morgan fingerprint density at radius 2 is 1.52 bits per heavy atom.